The number of nitrogens with zero attached hydrogens (tertiary/aromatic N) is 2. The van der Waals surface area contributed by atoms with Gasteiger partial charge in [0, 0.05) is 49.4 Å². The molecule has 3 atom stereocenters. The van der Waals surface area contributed by atoms with Crippen LogP contribution in [0.15, 0.2) is 30.3 Å². The van der Waals surface area contributed by atoms with Crippen molar-refractivity contribution >= 4 is 5.91 Å². The second-order valence-corrected chi connectivity index (χ2v) is 7.57. The number of H-pyrrole nitrogens is 1. The van der Waals surface area contributed by atoms with E-state index in [1.165, 1.54) is 5.56 Å². The number of amides is 1. The molecule has 1 aromatic carbocycles. The van der Waals surface area contributed by atoms with Crippen LogP contribution in [0.4, 0.5) is 0 Å². The van der Waals surface area contributed by atoms with Gasteiger partial charge in [-0.1, -0.05) is 30.3 Å². The number of aliphatic hydroxyl groups excluding tert-OH is 1. The normalized spacial score (nSPS) is 25.7. The van der Waals surface area contributed by atoms with Crippen LogP contribution in [0.2, 0.25) is 0 Å². The van der Waals surface area contributed by atoms with E-state index in [-0.39, 0.29) is 17.9 Å². The van der Waals surface area contributed by atoms with Crippen LogP contribution >= 0.6 is 0 Å². The van der Waals surface area contributed by atoms with E-state index in [2.05, 4.69) is 22.3 Å². The molecule has 1 aliphatic carbocycles. The highest BCUT2D eigenvalue weighted by Gasteiger charge is 2.35. The van der Waals surface area contributed by atoms with Crippen LogP contribution in [0.25, 0.3) is 11.3 Å². The second-order valence-electron chi connectivity index (χ2n) is 7.57. The van der Waals surface area contributed by atoms with Crippen molar-refractivity contribution in [1.82, 2.24) is 15.1 Å². The molecule has 1 aromatic heterocycles. The molecule has 144 valence electrons. The fraction of sp³-hybridized carbons (Fsp3) is 0.524. The quantitative estimate of drug-likeness (QED) is 0.869. The van der Waals surface area contributed by atoms with Crippen molar-refractivity contribution in [3.05, 3.63) is 41.6 Å². The number of benzene rings is 1. The van der Waals surface area contributed by atoms with Crippen molar-refractivity contribution < 1.29 is 14.6 Å². The van der Waals surface area contributed by atoms with E-state index >= 15 is 0 Å². The van der Waals surface area contributed by atoms with Crippen molar-refractivity contribution in [2.24, 2.45) is 5.92 Å². The van der Waals surface area contributed by atoms with Gasteiger partial charge in [0.15, 0.2) is 0 Å². The number of nitrogens with one attached hydrogen (secondary N) is 1. The molecule has 0 saturated heterocycles. The molecule has 6 nitrogen and oxygen atoms in total. The van der Waals surface area contributed by atoms with E-state index in [1.807, 2.05) is 23.1 Å². The Balaban J connectivity index is 1.46. The minimum Gasteiger partial charge on any atom is -0.390 e. The highest BCUT2D eigenvalue weighted by Crippen LogP contribution is 2.30. The topological polar surface area (TPSA) is 78.5 Å². The van der Waals surface area contributed by atoms with Gasteiger partial charge in [-0.05, 0) is 25.7 Å². The van der Waals surface area contributed by atoms with Crippen molar-refractivity contribution in [2.75, 3.05) is 20.2 Å². The third-order valence-corrected chi connectivity index (χ3v) is 5.98. The number of carbonyl (C=O) groups is 1. The molecule has 0 unspecified atom stereocenters. The van der Waals surface area contributed by atoms with Crippen LogP contribution in [0.3, 0.4) is 0 Å². The van der Waals surface area contributed by atoms with Crippen molar-refractivity contribution in [3.8, 4) is 11.3 Å². The Kier molecular flexibility index (Phi) is 5.27. The summed E-state index contributed by atoms with van der Waals surface area (Å²) in [5.41, 5.74) is 4.47. The van der Waals surface area contributed by atoms with Gasteiger partial charge in [0.25, 0.3) is 0 Å². The zero-order chi connectivity index (χ0) is 18.8. The average molecular weight is 369 g/mol. The average Bonchev–Trinajstić information content (AvgIpc) is 3.00. The first-order valence-corrected chi connectivity index (χ1v) is 9.78. The molecule has 0 radical (unpaired) electrons. The minimum atomic E-state index is -0.456. The maximum absolute atomic E-state index is 13.1. The molecular formula is C21H27N3O3. The zero-order valence-corrected chi connectivity index (χ0v) is 15.7. The van der Waals surface area contributed by atoms with Crippen LogP contribution in [-0.2, 0) is 22.4 Å². The summed E-state index contributed by atoms with van der Waals surface area (Å²) in [6.07, 6.45) is 2.88. The standard InChI is InChI=1S/C21H27N3O3/c1-27-19-13-15(7-8-18(19)25)21(26)24-11-9-16-17(10-12-24)22-23-20(16)14-5-3-2-4-6-14/h2-6,15,18-19,25H,7-13H2,1H3,(H,22,23)/t15-,18+,19-/m0/s1. The maximum Gasteiger partial charge on any atom is 0.225 e. The molecule has 0 spiro atoms. The molecule has 27 heavy (non-hydrogen) atoms. The summed E-state index contributed by atoms with van der Waals surface area (Å²) in [5.74, 6) is 0.143. The predicted octanol–water partition coefficient (Wildman–Crippen LogP) is 2.18. The Morgan fingerprint density at radius 3 is 2.78 bits per heavy atom. The third kappa shape index (κ3) is 3.64. The summed E-state index contributed by atoms with van der Waals surface area (Å²) < 4.78 is 5.36. The molecule has 2 heterocycles. The van der Waals surface area contributed by atoms with Gasteiger partial charge in [-0.25, -0.2) is 0 Å². The first-order chi connectivity index (χ1) is 13.2. The number of fused-ring (bicyclic) bond motifs is 1. The van der Waals surface area contributed by atoms with Crippen LogP contribution < -0.4 is 0 Å². The maximum atomic E-state index is 13.1. The van der Waals surface area contributed by atoms with Gasteiger partial charge in [0.05, 0.1) is 17.9 Å². The number of ether oxygens (including phenoxy) is 1. The minimum absolute atomic E-state index is 0.0542. The Morgan fingerprint density at radius 1 is 1.22 bits per heavy atom. The summed E-state index contributed by atoms with van der Waals surface area (Å²) in [5, 5.41) is 17.7. The van der Waals surface area contributed by atoms with E-state index in [0.29, 0.717) is 25.9 Å². The van der Waals surface area contributed by atoms with Gasteiger partial charge in [-0.2, -0.15) is 5.10 Å². The third-order valence-electron chi connectivity index (χ3n) is 5.98. The highest BCUT2D eigenvalue weighted by atomic mass is 16.5. The van der Waals surface area contributed by atoms with E-state index in [9.17, 15) is 9.90 Å². The summed E-state index contributed by atoms with van der Waals surface area (Å²) in [4.78, 5) is 15.0. The van der Waals surface area contributed by atoms with E-state index in [4.69, 9.17) is 4.74 Å². The fourth-order valence-corrected chi connectivity index (χ4v) is 4.39. The number of aromatic nitrogens is 2. The van der Waals surface area contributed by atoms with Crippen LogP contribution in [0.5, 0.6) is 0 Å². The largest absolute Gasteiger partial charge is 0.390 e. The molecule has 2 aromatic rings. The van der Waals surface area contributed by atoms with Crippen LogP contribution in [-0.4, -0.2) is 58.5 Å². The molecule has 0 bridgehead atoms. The SMILES string of the molecule is CO[C@H]1C[C@@H](C(=O)N2CCc3[nH]nc(-c4ccccc4)c3CC2)CC[C@H]1O. The predicted molar refractivity (Wildman–Crippen MR) is 102 cm³/mol. The van der Waals surface area contributed by atoms with Crippen LogP contribution in [0.1, 0.15) is 30.5 Å². The Labute approximate surface area is 159 Å². The Bertz CT molecular complexity index is 789. The summed E-state index contributed by atoms with van der Waals surface area (Å²) in [6, 6.07) is 10.2. The number of carbonyl (C=O) groups excluding carboxylic acids is 1. The Hall–Kier alpha value is -2.18. The first kappa shape index (κ1) is 18.2. The summed E-state index contributed by atoms with van der Waals surface area (Å²) >= 11 is 0. The zero-order valence-electron chi connectivity index (χ0n) is 15.7. The van der Waals surface area contributed by atoms with Crippen molar-refractivity contribution in [1.29, 1.82) is 0 Å². The lowest BCUT2D eigenvalue weighted by Gasteiger charge is -2.34. The Morgan fingerprint density at radius 2 is 2.00 bits per heavy atom. The van der Waals surface area contributed by atoms with Gasteiger partial charge in [-0.3, -0.25) is 9.89 Å². The number of methoxy groups -OCH3 is 1. The molecule has 4 rings (SSSR count). The van der Waals surface area contributed by atoms with Gasteiger partial charge < -0.3 is 14.7 Å². The van der Waals surface area contributed by atoms with Crippen LogP contribution in [0, 0.1) is 5.92 Å². The van der Waals surface area contributed by atoms with E-state index in [0.717, 1.165) is 36.2 Å². The van der Waals surface area contributed by atoms with E-state index < -0.39 is 6.10 Å². The second kappa shape index (κ2) is 7.82. The highest BCUT2D eigenvalue weighted by molar-refractivity contribution is 5.79. The molecule has 2 aliphatic rings. The van der Waals surface area contributed by atoms with Gasteiger partial charge in [-0.15, -0.1) is 0 Å². The fourth-order valence-electron chi connectivity index (χ4n) is 4.39. The number of hydrogen-bond donors (Lipinski definition) is 2. The number of rotatable bonds is 3. The number of aromatic amines is 1. The van der Waals surface area contributed by atoms with E-state index in [1.54, 1.807) is 7.11 Å². The number of hydrogen-bond acceptors (Lipinski definition) is 4. The molecular weight excluding hydrogens is 342 g/mol. The molecule has 1 saturated carbocycles. The van der Waals surface area contributed by atoms with Crippen molar-refractivity contribution in [2.45, 2.75) is 44.3 Å². The molecule has 1 fully saturated rings. The monoisotopic (exact) mass is 369 g/mol. The van der Waals surface area contributed by atoms with Gasteiger partial charge in [0.2, 0.25) is 5.91 Å². The molecule has 6 heteroatoms. The lowest BCUT2D eigenvalue weighted by Crippen LogP contribution is -2.44. The smallest absolute Gasteiger partial charge is 0.225 e. The summed E-state index contributed by atoms with van der Waals surface area (Å²) in [7, 11) is 1.61. The lowest BCUT2D eigenvalue weighted by atomic mass is 9.84. The number of aliphatic hydroxyl groups is 1. The molecule has 1 amide bonds. The first-order valence-electron chi connectivity index (χ1n) is 9.78. The van der Waals surface area contributed by atoms with Gasteiger partial charge >= 0.3 is 0 Å². The summed E-state index contributed by atoms with van der Waals surface area (Å²) in [6.45, 7) is 1.42. The lowest BCUT2D eigenvalue weighted by molar-refractivity contribution is -0.140. The molecule has 2 N–H and O–H groups in total. The van der Waals surface area contributed by atoms with Gasteiger partial charge in [0.1, 0.15) is 0 Å². The van der Waals surface area contributed by atoms with Crippen molar-refractivity contribution in [3.63, 3.8) is 0 Å². The molecule has 1 aliphatic heterocycles.